The van der Waals surface area contributed by atoms with E-state index in [0.29, 0.717) is 27.3 Å². The number of hydrogen-bond acceptors (Lipinski definition) is 6. The molecule has 4 rings (SSSR count). The van der Waals surface area contributed by atoms with E-state index in [0.717, 1.165) is 21.4 Å². The molecule has 28 heavy (non-hydrogen) atoms. The van der Waals surface area contributed by atoms with Crippen molar-refractivity contribution in [1.82, 2.24) is 4.90 Å². The summed E-state index contributed by atoms with van der Waals surface area (Å²) in [6, 6.07) is 13.3. The van der Waals surface area contributed by atoms with Crippen molar-refractivity contribution in [2.45, 2.75) is 11.8 Å². The summed E-state index contributed by atoms with van der Waals surface area (Å²) in [6.45, 7) is 2.49. The molecule has 0 unspecified atom stereocenters. The Labute approximate surface area is 177 Å². The average Bonchev–Trinajstić information content (AvgIpc) is 3.19. The summed E-state index contributed by atoms with van der Waals surface area (Å²) in [5.74, 6) is 0.756. The van der Waals surface area contributed by atoms with Crippen molar-refractivity contribution in [3.63, 3.8) is 0 Å². The maximum absolute atomic E-state index is 13.1. The fraction of sp³-hybridized carbons (Fsp3) is 0.200. The molecule has 2 heterocycles. The van der Waals surface area contributed by atoms with Crippen molar-refractivity contribution in [1.29, 1.82) is 0 Å². The highest BCUT2D eigenvalue weighted by atomic mass is 35.5. The number of anilines is 1. The number of carbonyl (C=O) groups excluding carboxylic acids is 1. The van der Waals surface area contributed by atoms with E-state index in [9.17, 15) is 4.79 Å². The van der Waals surface area contributed by atoms with Crippen LogP contribution < -0.4 is 9.64 Å². The lowest BCUT2D eigenvalue weighted by atomic mass is 10.3. The first kappa shape index (κ1) is 19.2. The Hall–Kier alpha value is -2.09. The summed E-state index contributed by atoms with van der Waals surface area (Å²) >= 11 is 9.23. The van der Waals surface area contributed by atoms with Gasteiger partial charge in [0.1, 0.15) is 10.7 Å². The van der Waals surface area contributed by atoms with E-state index in [1.54, 1.807) is 29.8 Å². The highest BCUT2D eigenvalue weighted by Crippen LogP contribution is 2.51. The zero-order valence-corrected chi connectivity index (χ0v) is 18.0. The van der Waals surface area contributed by atoms with Crippen molar-refractivity contribution in [3.8, 4) is 5.75 Å². The number of benzene rings is 2. The second kappa shape index (κ2) is 7.73. The summed E-state index contributed by atoms with van der Waals surface area (Å²) in [4.78, 5) is 23.2. The van der Waals surface area contributed by atoms with Crippen LogP contribution in [0.4, 0.5) is 11.4 Å². The van der Waals surface area contributed by atoms with E-state index in [-0.39, 0.29) is 5.91 Å². The second-order valence-electron chi connectivity index (χ2n) is 6.13. The number of carbonyl (C=O) groups is 1. The lowest BCUT2D eigenvalue weighted by Crippen LogP contribution is -2.29. The van der Waals surface area contributed by atoms with Crippen molar-refractivity contribution in [2.24, 2.45) is 4.99 Å². The number of nitrogens with zero attached hydrogens (tertiary/aromatic N) is 3. The van der Waals surface area contributed by atoms with Crippen LogP contribution >= 0.6 is 35.1 Å². The third-order valence-corrected chi connectivity index (χ3v) is 7.23. The Kier molecular flexibility index (Phi) is 5.31. The van der Waals surface area contributed by atoms with Gasteiger partial charge in [0.05, 0.1) is 28.5 Å². The molecule has 0 atom stereocenters. The molecule has 144 valence electrons. The summed E-state index contributed by atoms with van der Waals surface area (Å²) in [5, 5.41) is 2.11. The average molecular weight is 432 g/mol. The molecule has 0 aromatic heterocycles. The molecule has 0 aliphatic carbocycles. The maximum Gasteiger partial charge on any atom is 0.269 e. The molecule has 0 bridgehead atoms. The van der Waals surface area contributed by atoms with Crippen LogP contribution in [0.25, 0.3) is 0 Å². The SMILES string of the molecule is CCN1C(=O)C(=C2Sc3ccc(OC)cc3N2C)SC1=Nc1ccccc1Cl. The monoisotopic (exact) mass is 431 g/mol. The normalized spacial score (nSPS) is 20.3. The number of para-hydroxylation sites is 1. The molecule has 0 radical (unpaired) electrons. The zero-order chi connectivity index (χ0) is 19.8. The van der Waals surface area contributed by atoms with Crippen molar-refractivity contribution >= 4 is 57.6 Å². The van der Waals surface area contributed by atoms with Crippen LogP contribution in [0.15, 0.2) is 62.3 Å². The first-order chi connectivity index (χ1) is 13.5. The molecule has 0 saturated carbocycles. The minimum Gasteiger partial charge on any atom is -0.497 e. The highest BCUT2D eigenvalue weighted by molar-refractivity contribution is 8.19. The number of hydrogen-bond donors (Lipinski definition) is 0. The summed E-state index contributed by atoms with van der Waals surface area (Å²) in [6.07, 6.45) is 0. The van der Waals surface area contributed by atoms with Gasteiger partial charge in [0.2, 0.25) is 0 Å². The maximum atomic E-state index is 13.1. The molecule has 2 aromatic carbocycles. The van der Waals surface area contributed by atoms with Crippen LogP contribution in [0, 0.1) is 0 Å². The van der Waals surface area contributed by atoms with E-state index < -0.39 is 0 Å². The molecular formula is C20H18ClN3O2S2. The van der Waals surface area contributed by atoms with Crippen LogP contribution in [-0.2, 0) is 4.79 Å². The smallest absolute Gasteiger partial charge is 0.269 e. The van der Waals surface area contributed by atoms with Gasteiger partial charge in [-0.25, -0.2) is 4.99 Å². The number of methoxy groups -OCH3 is 1. The summed E-state index contributed by atoms with van der Waals surface area (Å²) in [5.41, 5.74) is 1.68. The molecule has 1 amide bonds. The molecule has 1 fully saturated rings. The molecule has 8 heteroatoms. The largest absolute Gasteiger partial charge is 0.497 e. The Balaban J connectivity index is 1.73. The number of ether oxygens (including phenoxy) is 1. The van der Waals surface area contributed by atoms with E-state index >= 15 is 0 Å². The predicted molar refractivity (Wildman–Crippen MR) is 118 cm³/mol. The summed E-state index contributed by atoms with van der Waals surface area (Å²) in [7, 11) is 3.62. The molecule has 0 spiro atoms. The fourth-order valence-corrected chi connectivity index (χ4v) is 5.55. The fourth-order valence-electron chi connectivity index (χ4n) is 3.00. The van der Waals surface area contributed by atoms with Gasteiger partial charge in [0.25, 0.3) is 5.91 Å². The van der Waals surface area contributed by atoms with E-state index in [2.05, 4.69) is 4.99 Å². The predicted octanol–water partition coefficient (Wildman–Crippen LogP) is 5.34. The topological polar surface area (TPSA) is 45.1 Å². The molecule has 2 aliphatic rings. The van der Waals surface area contributed by atoms with Gasteiger partial charge < -0.3 is 9.64 Å². The van der Waals surface area contributed by atoms with Crippen LogP contribution in [-0.4, -0.2) is 36.7 Å². The second-order valence-corrected chi connectivity index (χ2v) is 8.54. The molecule has 0 N–H and O–H groups in total. The Morgan fingerprint density at radius 2 is 1.96 bits per heavy atom. The van der Waals surface area contributed by atoms with Crippen molar-refractivity contribution in [2.75, 3.05) is 25.6 Å². The number of fused-ring (bicyclic) bond motifs is 1. The number of thioether (sulfide) groups is 2. The molecular weight excluding hydrogens is 414 g/mol. The quantitative estimate of drug-likeness (QED) is 0.613. The molecule has 5 nitrogen and oxygen atoms in total. The number of halogens is 1. The van der Waals surface area contributed by atoms with Crippen LogP contribution in [0.3, 0.4) is 0 Å². The standard InChI is InChI=1S/C20H18ClN3O2S2/c1-4-24-18(25)17(28-20(24)22-14-8-6-5-7-13(14)21)19-23(2)15-11-12(26-3)9-10-16(15)27-19/h5-11H,4H2,1-3H3. The van der Waals surface area contributed by atoms with Crippen LogP contribution in [0.5, 0.6) is 5.75 Å². The van der Waals surface area contributed by atoms with Gasteiger partial charge >= 0.3 is 0 Å². The first-order valence-corrected chi connectivity index (χ1v) is 10.7. The molecule has 2 aromatic rings. The van der Waals surface area contributed by atoms with Gasteiger partial charge in [-0.3, -0.25) is 9.69 Å². The third-order valence-electron chi connectivity index (χ3n) is 4.48. The van der Waals surface area contributed by atoms with Crippen molar-refractivity contribution < 1.29 is 9.53 Å². The minimum atomic E-state index is -0.0348. The van der Waals surface area contributed by atoms with Gasteiger partial charge in [-0.2, -0.15) is 0 Å². The Morgan fingerprint density at radius 3 is 2.68 bits per heavy atom. The number of amides is 1. The van der Waals surface area contributed by atoms with E-state index in [1.165, 1.54) is 11.8 Å². The minimum absolute atomic E-state index is 0.0348. The van der Waals surface area contributed by atoms with Crippen LogP contribution in [0.1, 0.15) is 6.92 Å². The van der Waals surface area contributed by atoms with Gasteiger partial charge in [-0.15, -0.1) is 0 Å². The first-order valence-electron chi connectivity index (χ1n) is 8.70. The number of rotatable bonds is 3. The Bertz CT molecular complexity index is 1020. The lowest BCUT2D eigenvalue weighted by Gasteiger charge is -2.15. The number of likely N-dealkylation sites (N-methyl/N-ethyl adjacent to an activating group) is 1. The van der Waals surface area contributed by atoms with E-state index in [1.807, 2.05) is 55.3 Å². The molecule has 2 aliphatic heterocycles. The van der Waals surface area contributed by atoms with Gasteiger partial charge in [0, 0.05) is 24.6 Å². The Morgan fingerprint density at radius 1 is 1.18 bits per heavy atom. The lowest BCUT2D eigenvalue weighted by molar-refractivity contribution is -0.122. The van der Waals surface area contributed by atoms with Gasteiger partial charge in [0.15, 0.2) is 5.17 Å². The van der Waals surface area contributed by atoms with Crippen molar-refractivity contribution in [3.05, 3.63) is 57.4 Å². The third kappa shape index (κ3) is 3.27. The van der Waals surface area contributed by atoms with Crippen LogP contribution in [0.2, 0.25) is 5.02 Å². The van der Waals surface area contributed by atoms with Gasteiger partial charge in [-0.05, 0) is 43.0 Å². The molecule has 1 saturated heterocycles. The zero-order valence-electron chi connectivity index (χ0n) is 15.6. The van der Waals surface area contributed by atoms with E-state index in [4.69, 9.17) is 16.3 Å². The van der Waals surface area contributed by atoms with Gasteiger partial charge in [-0.1, -0.05) is 35.5 Å². The highest BCUT2D eigenvalue weighted by Gasteiger charge is 2.38. The number of amidine groups is 1. The number of aliphatic imine (C=N–C) groups is 1. The summed E-state index contributed by atoms with van der Waals surface area (Å²) < 4.78 is 5.33.